The molecule has 2 aliphatic rings. The second-order valence-electron chi connectivity index (χ2n) is 9.36. The van der Waals surface area contributed by atoms with Gasteiger partial charge in [0, 0.05) is 6.07 Å². The van der Waals surface area contributed by atoms with Crippen LogP contribution in [0.1, 0.15) is 38.8 Å². The minimum Gasteiger partial charge on any atom is -0.497 e. The second kappa shape index (κ2) is 9.99. The molecule has 0 aromatic heterocycles. The van der Waals surface area contributed by atoms with Crippen molar-refractivity contribution < 1.29 is 38.0 Å². The summed E-state index contributed by atoms with van der Waals surface area (Å²) in [6.45, 7) is 7.46. The number of hydrogen-bond donors (Lipinski definition) is 0. The number of carbonyl (C=O) groups is 1. The largest absolute Gasteiger partial charge is 0.497 e. The molecule has 0 bridgehead atoms. The molecule has 2 saturated heterocycles. The summed E-state index contributed by atoms with van der Waals surface area (Å²) in [5, 5.41) is 0. The zero-order chi connectivity index (χ0) is 25.2. The highest BCUT2D eigenvalue weighted by Gasteiger charge is 2.53. The number of ether oxygens (including phenoxy) is 7. The van der Waals surface area contributed by atoms with Crippen LogP contribution in [-0.4, -0.2) is 56.7 Å². The summed E-state index contributed by atoms with van der Waals surface area (Å²) in [6.07, 6.45) is 1.89. The van der Waals surface area contributed by atoms with E-state index in [0.29, 0.717) is 23.9 Å². The Morgan fingerprint density at radius 2 is 1.46 bits per heavy atom. The topological polar surface area (TPSA) is 81.7 Å². The Morgan fingerprint density at radius 1 is 0.829 bits per heavy atom. The number of hydrogen-bond acceptors (Lipinski definition) is 8. The van der Waals surface area contributed by atoms with Crippen molar-refractivity contribution in [3.63, 3.8) is 0 Å². The van der Waals surface area contributed by atoms with E-state index >= 15 is 0 Å². The van der Waals surface area contributed by atoms with Crippen LogP contribution in [0.4, 0.5) is 0 Å². The summed E-state index contributed by atoms with van der Waals surface area (Å²) in [5.74, 6) is -0.393. The number of benzene rings is 2. The number of esters is 1. The fraction of sp³-hybridized carbons (Fsp3) is 0.444. The monoisotopic (exact) mass is 484 g/mol. The summed E-state index contributed by atoms with van der Waals surface area (Å²) >= 11 is 0. The highest BCUT2D eigenvalue weighted by Crippen LogP contribution is 2.36. The lowest BCUT2D eigenvalue weighted by atomic mass is 10.1. The zero-order valence-corrected chi connectivity index (χ0v) is 20.9. The lowest BCUT2D eigenvalue weighted by Crippen LogP contribution is -2.43. The molecule has 2 heterocycles. The van der Waals surface area contributed by atoms with Crippen molar-refractivity contribution in [3.05, 3.63) is 53.6 Å². The molecule has 8 nitrogen and oxygen atoms in total. The predicted octanol–water partition coefficient (Wildman–Crippen LogP) is 4.45. The van der Waals surface area contributed by atoms with Gasteiger partial charge in [0.15, 0.2) is 17.7 Å². The maximum absolute atomic E-state index is 13.0. The van der Waals surface area contributed by atoms with Crippen molar-refractivity contribution in [3.8, 4) is 17.2 Å². The van der Waals surface area contributed by atoms with Crippen LogP contribution in [0.25, 0.3) is 12.2 Å². The molecule has 0 saturated carbocycles. The van der Waals surface area contributed by atoms with Gasteiger partial charge >= 0.3 is 5.97 Å². The van der Waals surface area contributed by atoms with Gasteiger partial charge in [-0.05, 0) is 63.1 Å². The SMILES string of the molecule is COc1cc(C=Cc2ccc(OC(=O)C3OC(C)(C)OC3C3COC(C)(C)O3)cc2)cc(OC)c1. The quantitative estimate of drug-likeness (QED) is 0.324. The van der Waals surface area contributed by atoms with Gasteiger partial charge in [0.25, 0.3) is 0 Å². The van der Waals surface area contributed by atoms with E-state index in [2.05, 4.69) is 0 Å². The van der Waals surface area contributed by atoms with Crippen LogP contribution in [0, 0.1) is 0 Å². The summed E-state index contributed by atoms with van der Waals surface area (Å²) in [4.78, 5) is 13.0. The van der Waals surface area contributed by atoms with Gasteiger partial charge in [0.2, 0.25) is 0 Å². The van der Waals surface area contributed by atoms with Gasteiger partial charge in [-0.3, -0.25) is 0 Å². The smallest absolute Gasteiger partial charge is 0.343 e. The lowest BCUT2D eigenvalue weighted by Gasteiger charge is -2.23. The fourth-order valence-electron chi connectivity index (χ4n) is 4.06. The van der Waals surface area contributed by atoms with E-state index in [1.807, 2.05) is 56.3 Å². The van der Waals surface area contributed by atoms with Crippen molar-refractivity contribution >= 4 is 18.1 Å². The van der Waals surface area contributed by atoms with E-state index in [1.165, 1.54) is 0 Å². The predicted molar refractivity (Wildman–Crippen MR) is 129 cm³/mol. The highest BCUT2D eigenvalue weighted by molar-refractivity contribution is 5.79. The van der Waals surface area contributed by atoms with Gasteiger partial charge in [-0.2, -0.15) is 0 Å². The van der Waals surface area contributed by atoms with Crippen molar-refractivity contribution in [2.24, 2.45) is 0 Å². The summed E-state index contributed by atoms with van der Waals surface area (Å²) in [5.41, 5.74) is 1.87. The Hall–Kier alpha value is -2.91. The molecule has 2 aromatic carbocycles. The molecule has 2 aromatic rings. The normalized spacial score (nSPS) is 25.0. The first-order valence-electron chi connectivity index (χ1n) is 11.5. The summed E-state index contributed by atoms with van der Waals surface area (Å²) in [6, 6.07) is 12.8. The molecule has 4 rings (SSSR count). The van der Waals surface area contributed by atoms with Gasteiger partial charge in [0.05, 0.1) is 20.8 Å². The number of rotatable bonds is 7. The lowest BCUT2D eigenvalue weighted by molar-refractivity contribution is -0.175. The average molecular weight is 485 g/mol. The van der Waals surface area contributed by atoms with Crippen LogP contribution in [0.5, 0.6) is 17.2 Å². The van der Waals surface area contributed by atoms with Gasteiger partial charge in [0.1, 0.15) is 29.5 Å². The molecule has 35 heavy (non-hydrogen) atoms. The molecule has 0 aliphatic carbocycles. The highest BCUT2D eigenvalue weighted by atomic mass is 16.8. The molecule has 3 unspecified atom stereocenters. The van der Waals surface area contributed by atoms with Crippen LogP contribution in [0.15, 0.2) is 42.5 Å². The van der Waals surface area contributed by atoms with Crippen LogP contribution in [0.2, 0.25) is 0 Å². The molecule has 3 atom stereocenters. The van der Waals surface area contributed by atoms with Gasteiger partial charge in [-0.1, -0.05) is 24.3 Å². The van der Waals surface area contributed by atoms with E-state index in [0.717, 1.165) is 11.1 Å². The molecular formula is C27H32O8. The molecule has 0 spiro atoms. The third-order valence-electron chi connectivity index (χ3n) is 5.70. The first-order chi connectivity index (χ1) is 16.6. The maximum Gasteiger partial charge on any atom is 0.343 e. The molecule has 2 fully saturated rings. The molecular weight excluding hydrogens is 452 g/mol. The first-order valence-corrected chi connectivity index (χ1v) is 11.5. The average Bonchev–Trinajstić information content (AvgIpc) is 3.36. The molecule has 2 aliphatic heterocycles. The Bertz CT molecular complexity index is 1050. The van der Waals surface area contributed by atoms with E-state index in [4.69, 9.17) is 33.2 Å². The van der Waals surface area contributed by atoms with E-state index in [9.17, 15) is 4.79 Å². The fourth-order valence-corrected chi connectivity index (χ4v) is 4.06. The first kappa shape index (κ1) is 25.2. The Kier molecular flexibility index (Phi) is 7.19. The summed E-state index contributed by atoms with van der Waals surface area (Å²) in [7, 11) is 3.23. The minimum atomic E-state index is -0.943. The van der Waals surface area contributed by atoms with E-state index < -0.39 is 35.9 Å². The Morgan fingerprint density at radius 3 is 2.03 bits per heavy atom. The van der Waals surface area contributed by atoms with Crippen molar-refractivity contribution in [2.45, 2.75) is 57.6 Å². The minimum absolute atomic E-state index is 0.307. The van der Waals surface area contributed by atoms with Crippen LogP contribution in [0.3, 0.4) is 0 Å². The molecule has 0 N–H and O–H groups in total. The van der Waals surface area contributed by atoms with Crippen molar-refractivity contribution in [2.75, 3.05) is 20.8 Å². The molecule has 0 amide bonds. The van der Waals surface area contributed by atoms with E-state index in [1.54, 1.807) is 40.2 Å². The third-order valence-corrected chi connectivity index (χ3v) is 5.70. The third kappa shape index (κ3) is 6.21. The van der Waals surface area contributed by atoms with Gasteiger partial charge in [-0.25, -0.2) is 4.79 Å². The van der Waals surface area contributed by atoms with Crippen LogP contribution >= 0.6 is 0 Å². The zero-order valence-electron chi connectivity index (χ0n) is 20.9. The van der Waals surface area contributed by atoms with Crippen LogP contribution < -0.4 is 14.2 Å². The van der Waals surface area contributed by atoms with E-state index in [-0.39, 0.29) is 0 Å². The molecule has 188 valence electrons. The second-order valence-corrected chi connectivity index (χ2v) is 9.36. The Balaban J connectivity index is 1.41. The van der Waals surface area contributed by atoms with Gasteiger partial charge in [-0.15, -0.1) is 0 Å². The summed E-state index contributed by atoms with van der Waals surface area (Å²) < 4.78 is 39.6. The maximum atomic E-state index is 13.0. The Labute approximate surface area is 205 Å². The van der Waals surface area contributed by atoms with Crippen LogP contribution in [-0.2, 0) is 23.7 Å². The van der Waals surface area contributed by atoms with Crippen molar-refractivity contribution in [1.29, 1.82) is 0 Å². The molecule has 0 radical (unpaired) electrons. The number of carbonyl (C=O) groups excluding carboxylic acids is 1. The number of methoxy groups -OCH3 is 2. The molecule has 8 heteroatoms. The standard InChI is InChI=1S/C27H32O8/c1-26(2)31-16-22(33-26)23-24(35-27(3,4)34-23)25(28)32-19-11-9-17(10-12-19)7-8-18-13-20(29-5)15-21(14-18)30-6/h7-15,22-24H,16H2,1-6H3. The van der Waals surface area contributed by atoms with Gasteiger partial charge < -0.3 is 33.2 Å². The van der Waals surface area contributed by atoms with Crippen molar-refractivity contribution in [1.82, 2.24) is 0 Å².